The Hall–Kier alpha value is -9.18. The van der Waals surface area contributed by atoms with Gasteiger partial charge in [-0.15, -0.1) is 0 Å². The standard InChI is InChI=1S/C28H35NO3.C26H39NO3.C24H35NO3.C22H31NO3/c1-5-6-8-13-22-25(29-17-20-11-9-7-10-12-20)27(31)24(28(32)26(22)30)23-16-19(4)14-15-21(23)18(2)3;1-8-9-10-11-19-22(27-15-26(5,6)7)24(29)21(25(30)23(19)28)20-14-17(4)12-13-18(20)16(2)3;1-7-8-9-10-18-21(25-15(4)5)23(27)20(24(28)22(18)26)19-13-16(6)11-12-17(19)14(2)3;1-6-7-8-9-16-19(23-5)21(25)18(22(26)20(16)24)17-12-14(4)10-11-15(17)13(2)3/h7,9-12,16,21,23,29,31H,2,5-6,8,13-15,17H2,1,3-4H3;14,18,20,27,29H,2,8-13,15H2,1,3-7H3;13,15,17,19,25,27H,2,7-12H2,1,3-6H3;12,15,17,23,25H,2,6-11H2,1,3-5H3/t21-,23+;18-,20+;17-,19+;15-,17+/m0000/s1. The van der Waals surface area contributed by atoms with Crippen LogP contribution in [0.2, 0.25) is 0 Å². The van der Waals surface area contributed by atoms with Crippen molar-refractivity contribution in [3.05, 3.63) is 222 Å². The molecule has 0 heterocycles. The van der Waals surface area contributed by atoms with Crippen molar-refractivity contribution in [3.63, 3.8) is 0 Å². The molecule has 16 heteroatoms. The van der Waals surface area contributed by atoms with E-state index in [0.717, 1.165) is 156 Å². The van der Waals surface area contributed by atoms with E-state index >= 15 is 0 Å². The number of rotatable bonds is 32. The minimum absolute atomic E-state index is 0.0321. The SMILES string of the molecule is C=C(C)[C@@H]1CCC(C)=C[C@H]1C1=C(O)C(NC(C)C)=C(CCCCC)C(=O)C1=O.C=C(C)[C@@H]1CCC(C)=C[C@H]1C1=C(O)C(NC)=C(CCCCC)C(=O)C1=O.C=C(C)[C@@H]1CCC(C)=C[C@H]1C1=C(O)C(NCC(C)(C)C)=C(CCCCC)C(=O)C1=O.C=C(C)[C@@H]1CCC(C)=C[C@H]1C1=C(O)C(NCc2ccccc2)=C(CCCCC)C(=O)C1=O. The zero-order valence-corrected chi connectivity index (χ0v) is 73.7. The summed E-state index contributed by atoms with van der Waals surface area (Å²) in [5, 5.41) is 57.6. The van der Waals surface area contributed by atoms with Gasteiger partial charge in [-0.2, -0.15) is 0 Å². The summed E-state index contributed by atoms with van der Waals surface area (Å²) < 4.78 is 0. The first-order chi connectivity index (χ1) is 54.8. The Labute approximate surface area is 694 Å². The first-order valence-electron chi connectivity index (χ1n) is 43.1. The number of likely N-dealkylation sites (N-methyl/N-ethyl adjacent to an activating group) is 1. The predicted molar refractivity (Wildman–Crippen MR) is 471 cm³/mol. The Kier molecular flexibility index (Phi) is 36.6. The molecule has 0 aliphatic heterocycles. The fraction of sp³-hybridized carbons (Fsp3) is 0.540. The number of aliphatic hydroxyl groups is 4. The number of aliphatic hydroxyl groups excluding tert-OH is 4. The van der Waals surface area contributed by atoms with Crippen LogP contribution in [0.5, 0.6) is 0 Å². The number of Topliss-reactive ketones (excluding diaryl/α,β-unsaturated/α-hetero) is 8. The maximum Gasteiger partial charge on any atom is 0.233 e. The molecule has 0 spiro atoms. The fourth-order valence-corrected chi connectivity index (χ4v) is 17.3. The smallest absolute Gasteiger partial charge is 0.233 e. The van der Waals surface area contributed by atoms with E-state index in [1.807, 2.05) is 124 Å². The molecule has 8 atom stereocenters. The highest BCUT2D eigenvalue weighted by Gasteiger charge is 2.46. The molecule has 16 nitrogen and oxygen atoms in total. The van der Waals surface area contributed by atoms with Gasteiger partial charge in [0.2, 0.25) is 46.3 Å². The highest BCUT2D eigenvalue weighted by Crippen LogP contribution is 2.47. The van der Waals surface area contributed by atoms with E-state index in [9.17, 15) is 58.8 Å². The number of nitrogens with one attached hydrogen (secondary N) is 4. The monoisotopic (exact) mass is 1590 g/mol. The van der Waals surface area contributed by atoms with Gasteiger partial charge in [-0.3, -0.25) is 38.4 Å². The van der Waals surface area contributed by atoms with Gasteiger partial charge in [-0.25, -0.2) is 0 Å². The van der Waals surface area contributed by atoms with Crippen LogP contribution in [0.15, 0.2) is 216 Å². The van der Waals surface area contributed by atoms with Gasteiger partial charge >= 0.3 is 0 Å². The van der Waals surface area contributed by atoms with E-state index in [1.54, 1.807) is 7.05 Å². The predicted octanol–water partition coefficient (Wildman–Crippen LogP) is 22.0. The Balaban J connectivity index is 0.000000241. The van der Waals surface area contributed by atoms with E-state index in [2.05, 4.69) is 96.0 Å². The third-order valence-electron chi connectivity index (χ3n) is 23.8. The topological polar surface area (TPSA) is 266 Å². The summed E-state index contributed by atoms with van der Waals surface area (Å²) in [7, 11) is 1.68. The van der Waals surface area contributed by atoms with Crippen molar-refractivity contribution in [2.24, 2.45) is 52.8 Å². The molecule has 0 saturated heterocycles. The lowest BCUT2D eigenvalue weighted by Crippen LogP contribution is -2.38. The lowest BCUT2D eigenvalue weighted by molar-refractivity contribution is -0.133. The molecule has 1 aromatic carbocycles. The molecule has 8 aliphatic carbocycles. The van der Waals surface area contributed by atoms with Crippen molar-refractivity contribution >= 4 is 46.3 Å². The van der Waals surface area contributed by atoms with Crippen molar-refractivity contribution in [1.82, 2.24) is 21.3 Å². The van der Waals surface area contributed by atoms with E-state index in [1.165, 1.54) is 22.3 Å². The average Bonchev–Trinajstić information content (AvgIpc) is 0.775. The summed E-state index contributed by atoms with van der Waals surface area (Å²) in [6, 6.07) is 9.89. The Morgan fingerprint density at radius 2 is 0.672 bits per heavy atom. The number of allylic oxidation sites excluding steroid dienone is 20. The third kappa shape index (κ3) is 24.3. The van der Waals surface area contributed by atoms with Crippen LogP contribution in [0, 0.1) is 52.8 Å². The first-order valence-corrected chi connectivity index (χ1v) is 43.1. The zero-order valence-electron chi connectivity index (χ0n) is 73.7. The quantitative estimate of drug-likeness (QED) is 0.0144. The Bertz CT molecular complexity index is 4340. The van der Waals surface area contributed by atoms with Gasteiger partial charge in [0.1, 0.15) is 23.0 Å². The van der Waals surface area contributed by atoms with Crippen molar-refractivity contribution < 1.29 is 58.8 Å². The van der Waals surface area contributed by atoms with Gasteiger partial charge in [0, 0.05) is 72.1 Å². The second-order valence-corrected chi connectivity index (χ2v) is 35.3. The Morgan fingerprint density at radius 3 is 0.940 bits per heavy atom. The van der Waals surface area contributed by atoms with Gasteiger partial charge in [0.15, 0.2) is 0 Å². The lowest BCUT2D eigenvalue weighted by Gasteiger charge is -2.34. The molecule has 1 aromatic rings. The van der Waals surface area contributed by atoms with Crippen LogP contribution in [-0.2, 0) is 44.9 Å². The van der Waals surface area contributed by atoms with Crippen LogP contribution >= 0.6 is 0 Å². The van der Waals surface area contributed by atoms with Gasteiger partial charge in [0.05, 0.1) is 45.1 Å². The molecule has 0 amide bonds. The minimum atomic E-state index is -0.568. The average molecular weight is 1590 g/mol. The van der Waals surface area contributed by atoms with Gasteiger partial charge in [-0.05, 0) is 207 Å². The molecule has 9 rings (SSSR count). The largest absolute Gasteiger partial charge is 0.505 e. The number of hydrogen-bond acceptors (Lipinski definition) is 16. The molecule has 0 aromatic heterocycles. The van der Waals surface area contributed by atoms with Crippen LogP contribution < -0.4 is 21.3 Å². The van der Waals surface area contributed by atoms with Gasteiger partial charge in [0.25, 0.3) is 0 Å². The number of unbranched alkanes of at least 4 members (excludes halogenated alkanes) is 8. The van der Waals surface area contributed by atoms with Crippen LogP contribution in [0.3, 0.4) is 0 Å². The molecular weight excluding hydrogens is 1450 g/mol. The number of hydrogen-bond donors (Lipinski definition) is 8. The van der Waals surface area contributed by atoms with Crippen LogP contribution in [0.1, 0.15) is 277 Å². The van der Waals surface area contributed by atoms with Gasteiger partial charge < -0.3 is 41.7 Å². The molecule has 0 bridgehead atoms. The maximum atomic E-state index is 13.3. The highest BCUT2D eigenvalue weighted by molar-refractivity contribution is 6.52. The number of benzene rings is 1. The molecule has 0 fully saturated rings. The van der Waals surface area contributed by atoms with Crippen molar-refractivity contribution in [2.75, 3.05) is 13.6 Å². The van der Waals surface area contributed by atoms with Crippen molar-refractivity contribution in [1.29, 1.82) is 0 Å². The molecule has 8 aliphatic rings. The molecule has 0 radical (unpaired) electrons. The Morgan fingerprint density at radius 1 is 0.405 bits per heavy atom. The summed E-state index contributed by atoms with van der Waals surface area (Å²) >= 11 is 0. The van der Waals surface area contributed by atoms with Crippen molar-refractivity contribution in [3.8, 4) is 0 Å². The summed E-state index contributed by atoms with van der Waals surface area (Å²) in [6.07, 6.45) is 28.7. The van der Waals surface area contributed by atoms with E-state index in [0.29, 0.717) is 83.9 Å². The molecule has 0 saturated carbocycles. The van der Waals surface area contributed by atoms with Gasteiger partial charge in [-0.1, -0.05) is 225 Å². The molecule has 632 valence electrons. The lowest BCUT2D eigenvalue weighted by atomic mass is 9.70. The van der Waals surface area contributed by atoms with Crippen LogP contribution in [0.4, 0.5) is 0 Å². The number of carbonyl (C=O) groups excluding carboxylic acids is 8. The van der Waals surface area contributed by atoms with Crippen LogP contribution in [-0.4, -0.2) is 86.3 Å². The summed E-state index contributed by atoms with van der Waals surface area (Å²) in [5.74, 6) is -5.39. The molecule has 0 unspecified atom stereocenters. The third-order valence-corrected chi connectivity index (χ3v) is 23.8. The number of ketones is 8. The van der Waals surface area contributed by atoms with E-state index < -0.39 is 46.3 Å². The second-order valence-electron chi connectivity index (χ2n) is 35.3. The highest BCUT2D eigenvalue weighted by atomic mass is 16.3. The molecule has 8 N–H and O–H groups in total. The molecule has 116 heavy (non-hydrogen) atoms. The minimum Gasteiger partial charge on any atom is -0.505 e. The number of carbonyl (C=O) groups is 8. The summed E-state index contributed by atoms with van der Waals surface area (Å²) in [5.41, 5.74) is 14.0. The zero-order chi connectivity index (χ0) is 86.3. The summed E-state index contributed by atoms with van der Waals surface area (Å²) in [6.45, 7) is 52.0. The van der Waals surface area contributed by atoms with Crippen molar-refractivity contribution in [2.45, 2.75) is 284 Å². The summed E-state index contributed by atoms with van der Waals surface area (Å²) in [4.78, 5) is 105. The molecular formula is C100H140N4O12. The van der Waals surface area contributed by atoms with Crippen LogP contribution in [0.25, 0.3) is 0 Å². The first kappa shape index (κ1) is 95.7. The van der Waals surface area contributed by atoms with E-state index in [-0.39, 0.29) is 104 Å². The van der Waals surface area contributed by atoms with E-state index in [4.69, 9.17) is 0 Å². The normalized spacial score (nSPS) is 23.0. The fourth-order valence-electron chi connectivity index (χ4n) is 17.3. The second kappa shape index (κ2) is 44.4. The maximum absolute atomic E-state index is 13.3.